The van der Waals surface area contributed by atoms with Crippen LogP contribution >= 0.6 is 0 Å². The third-order valence-corrected chi connectivity index (χ3v) is 5.28. The molecule has 100 valence electrons. The highest BCUT2D eigenvalue weighted by molar-refractivity contribution is 5.46. The quantitative estimate of drug-likeness (QED) is 0.505. The van der Waals surface area contributed by atoms with Gasteiger partial charge in [-0.15, -0.1) is 0 Å². The van der Waals surface area contributed by atoms with Gasteiger partial charge in [-0.25, -0.2) is 0 Å². The Morgan fingerprint density at radius 2 is 1.00 bits per heavy atom. The second kappa shape index (κ2) is 6.08. The fourth-order valence-electron chi connectivity index (χ4n) is 4.26. The lowest BCUT2D eigenvalue weighted by molar-refractivity contribution is 0.307. The van der Waals surface area contributed by atoms with Crippen LogP contribution in [0.15, 0.2) is 23.3 Å². The molecule has 18 heavy (non-hydrogen) atoms. The molecule has 0 spiro atoms. The van der Waals surface area contributed by atoms with Gasteiger partial charge in [0.2, 0.25) is 0 Å². The Hall–Kier alpha value is -0.520. The summed E-state index contributed by atoms with van der Waals surface area (Å²) in [5.74, 6) is 1.90. The average molecular weight is 244 g/mol. The van der Waals surface area contributed by atoms with Crippen LogP contribution in [0.4, 0.5) is 0 Å². The summed E-state index contributed by atoms with van der Waals surface area (Å²) in [7, 11) is 0. The molecule has 2 atom stereocenters. The standard InChI is InChI=1S/C18H28/c1-3-7-11-15-16(12-8-4-1)18-14-10-6-2-5-9-13-17(15)18/h11,13,16,18H,1-10,12,14H2/b15-11+,17-13-/t16-,18-. The smallest absolute Gasteiger partial charge is 0.00935 e. The van der Waals surface area contributed by atoms with E-state index in [4.69, 9.17) is 0 Å². The molecule has 3 aliphatic rings. The molecule has 0 bridgehead atoms. The first-order valence-electron chi connectivity index (χ1n) is 8.37. The highest BCUT2D eigenvalue weighted by Crippen LogP contribution is 2.51. The van der Waals surface area contributed by atoms with Crippen LogP contribution in [0.2, 0.25) is 0 Å². The molecule has 0 radical (unpaired) electrons. The lowest BCUT2D eigenvalue weighted by Crippen LogP contribution is -2.32. The van der Waals surface area contributed by atoms with Gasteiger partial charge in [0.1, 0.15) is 0 Å². The Kier molecular flexibility index (Phi) is 4.23. The molecular weight excluding hydrogens is 216 g/mol. The van der Waals surface area contributed by atoms with Gasteiger partial charge in [-0.1, -0.05) is 50.7 Å². The maximum absolute atomic E-state index is 2.61. The van der Waals surface area contributed by atoms with E-state index in [0.29, 0.717) is 0 Å². The van der Waals surface area contributed by atoms with Gasteiger partial charge in [0.05, 0.1) is 0 Å². The van der Waals surface area contributed by atoms with Crippen molar-refractivity contribution in [3.8, 4) is 0 Å². The van der Waals surface area contributed by atoms with Gasteiger partial charge in [0.25, 0.3) is 0 Å². The molecule has 0 aromatic rings. The highest BCUT2D eigenvalue weighted by atomic mass is 14.4. The summed E-state index contributed by atoms with van der Waals surface area (Å²) in [6.45, 7) is 0. The summed E-state index contributed by atoms with van der Waals surface area (Å²) < 4.78 is 0. The second-order valence-corrected chi connectivity index (χ2v) is 6.52. The van der Waals surface area contributed by atoms with Gasteiger partial charge in [-0.3, -0.25) is 0 Å². The molecule has 0 saturated heterocycles. The Balaban J connectivity index is 1.77. The van der Waals surface area contributed by atoms with Crippen LogP contribution < -0.4 is 0 Å². The van der Waals surface area contributed by atoms with Gasteiger partial charge < -0.3 is 0 Å². The van der Waals surface area contributed by atoms with Crippen molar-refractivity contribution < 1.29 is 0 Å². The Bertz CT molecular complexity index is 300. The summed E-state index contributed by atoms with van der Waals surface area (Å²) in [6.07, 6.45) is 22.5. The van der Waals surface area contributed by atoms with Crippen LogP contribution in [-0.4, -0.2) is 0 Å². The lowest BCUT2D eigenvalue weighted by atomic mass is 9.61. The van der Waals surface area contributed by atoms with Crippen LogP contribution in [0.3, 0.4) is 0 Å². The Labute approximate surface area is 113 Å². The van der Waals surface area contributed by atoms with Crippen molar-refractivity contribution in [2.24, 2.45) is 11.8 Å². The fraction of sp³-hybridized carbons (Fsp3) is 0.778. The number of fused-ring (bicyclic) bond motifs is 4. The topological polar surface area (TPSA) is 0 Å². The molecule has 3 rings (SSSR count). The summed E-state index contributed by atoms with van der Waals surface area (Å²) >= 11 is 0. The van der Waals surface area contributed by atoms with Crippen LogP contribution in [0.25, 0.3) is 0 Å². The third-order valence-electron chi connectivity index (χ3n) is 5.28. The van der Waals surface area contributed by atoms with Crippen molar-refractivity contribution in [1.82, 2.24) is 0 Å². The number of hydrogen-bond acceptors (Lipinski definition) is 0. The first-order chi connectivity index (χ1) is 8.97. The molecular formula is C18H28. The molecule has 0 aromatic heterocycles. The molecule has 0 nitrogen and oxygen atoms in total. The van der Waals surface area contributed by atoms with Gasteiger partial charge >= 0.3 is 0 Å². The molecule has 0 unspecified atom stereocenters. The zero-order chi connectivity index (χ0) is 12.2. The molecule has 1 saturated carbocycles. The SMILES string of the molecule is C1=C2/C3=C/CCCCCC[C@@H]3[C@@H]2CCCCCC/1. The van der Waals surface area contributed by atoms with Gasteiger partial charge in [-0.2, -0.15) is 0 Å². The van der Waals surface area contributed by atoms with E-state index in [-0.39, 0.29) is 0 Å². The van der Waals surface area contributed by atoms with Crippen molar-refractivity contribution in [2.45, 2.75) is 77.0 Å². The van der Waals surface area contributed by atoms with E-state index < -0.39 is 0 Å². The van der Waals surface area contributed by atoms with Crippen LogP contribution in [0, 0.1) is 11.8 Å². The summed E-state index contributed by atoms with van der Waals surface area (Å²) in [4.78, 5) is 0. The Morgan fingerprint density at radius 3 is 1.50 bits per heavy atom. The zero-order valence-electron chi connectivity index (χ0n) is 11.8. The maximum atomic E-state index is 2.61. The minimum Gasteiger partial charge on any atom is -0.0807 e. The molecule has 0 aliphatic heterocycles. The number of hydrogen-bond donors (Lipinski definition) is 0. The van der Waals surface area contributed by atoms with Gasteiger partial charge in [0.15, 0.2) is 0 Å². The monoisotopic (exact) mass is 244 g/mol. The average Bonchev–Trinajstić information content (AvgIpc) is 2.53. The Morgan fingerprint density at radius 1 is 0.556 bits per heavy atom. The fourth-order valence-corrected chi connectivity index (χ4v) is 4.26. The lowest BCUT2D eigenvalue weighted by Gasteiger charge is -2.43. The van der Waals surface area contributed by atoms with E-state index in [0.717, 1.165) is 11.8 Å². The third kappa shape index (κ3) is 2.58. The first kappa shape index (κ1) is 12.5. The molecule has 3 aliphatic carbocycles. The van der Waals surface area contributed by atoms with E-state index in [1.165, 1.54) is 77.0 Å². The predicted molar refractivity (Wildman–Crippen MR) is 78.6 cm³/mol. The van der Waals surface area contributed by atoms with Crippen molar-refractivity contribution in [2.75, 3.05) is 0 Å². The van der Waals surface area contributed by atoms with E-state index in [2.05, 4.69) is 12.2 Å². The van der Waals surface area contributed by atoms with Crippen molar-refractivity contribution in [3.05, 3.63) is 23.3 Å². The molecule has 1 fully saturated rings. The first-order valence-corrected chi connectivity index (χ1v) is 8.37. The van der Waals surface area contributed by atoms with Crippen molar-refractivity contribution in [3.63, 3.8) is 0 Å². The second-order valence-electron chi connectivity index (χ2n) is 6.52. The van der Waals surface area contributed by atoms with E-state index in [9.17, 15) is 0 Å². The van der Waals surface area contributed by atoms with Crippen molar-refractivity contribution in [1.29, 1.82) is 0 Å². The van der Waals surface area contributed by atoms with Crippen LogP contribution in [-0.2, 0) is 0 Å². The van der Waals surface area contributed by atoms with Crippen LogP contribution in [0.1, 0.15) is 77.0 Å². The van der Waals surface area contributed by atoms with Gasteiger partial charge in [-0.05, 0) is 61.5 Å². The molecule has 0 N–H and O–H groups in total. The molecule has 0 amide bonds. The summed E-state index contributed by atoms with van der Waals surface area (Å²) in [6, 6.07) is 0. The number of rotatable bonds is 0. The summed E-state index contributed by atoms with van der Waals surface area (Å²) in [5.41, 5.74) is 3.56. The largest absolute Gasteiger partial charge is 0.0807 e. The van der Waals surface area contributed by atoms with Crippen LogP contribution in [0.5, 0.6) is 0 Å². The van der Waals surface area contributed by atoms with E-state index in [1.807, 2.05) is 0 Å². The van der Waals surface area contributed by atoms with Crippen molar-refractivity contribution >= 4 is 0 Å². The summed E-state index contributed by atoms with van der Waals surface area (Å²) in [5, 5.41) is 0. The molecule has 0 heterocycles. The van der Waals surface area contributed by atoms with E-state index in [1.54, 1.807) is 11.1 Å². The minimum absolute atomic E-state index is 0.951. The molecule has 0 heteroatoms. The maximum Gasteiger partial charge on any atom is -0.00935 e. The number of allylic oxidation sites excluding steroid dienone is 4. The normalized spacial score (nSPS) is 39.6. The highest BCUT2D eigenvalue weighted by Gasteiger charge is 2.39. The van der Waals surface area contributed by atoms with Gasteiger partial charge in [0, 0.05) is 0 Å². The molecule has 0 aromatic carbocycles. The predicted octanol–water partition coefficient (Wildman–Crippen LogP) is 5.79. The van der Waals surface area contributed by atoms with E-state index >= 15 is 0 Å². The minimum atomic E-state index is 0.951. The zero-order valence-corrected chi connectivity index (χ0v) is 11.8.